The molecule has 23 heavy (non-hydrogen) atoms. The molecule has 1 aromatic rings. The number of rotatable bonds is 5. The van der Waals surface area contributed by atoms with Crippen molar-refractivity contribution in [1.29, 1.82) is 5.41 Å². The first kappa shape index (κ1) is 17.1. The monoisotopic (exact) mass is 347 g/mol. The van der Waals surface area contributed by atoms with E-state index in [2.05, 4.69) is 9.79 Å². The summed E-state index contributed by atoms with van der Waals surface area (Å²) in [5.74, 6) is -1.93. The fourth-order valence-corrected chi connectivity index (χ4v) is 3.04. The predicted octanol–water partition coefficient (Wildman–Crippen LogP) is -3.28. The van der Waals surface area contributed by atoms with Crippen molar-refractivity contribution in [3.8, 4) is 0 Å². The molecule has 0 bridgehead atoms. The minimum atomic E-state index is -3.52. The van der Waals surface area contributed by atoms with E-state index in [4.69, 9.17) is 10.1 Å². The molecule has 1 N–H and O–H groups in total. The Labute approximate surface area is 131 Å². The molecule has 0 radical (unpaired) electrons. The van der Waals surface area contributed by atoms with Gasteiger partial charge in [0.1, 0.15) is 0 Å². The Morgan fingerprint density at radius 3 is 2.74 bits per heavy atom. The Balaban J connectivity index is 2.32. The topological polar surface area (TPSA) is 139 Å². The van der Waals surface area contributed by atoms with Crippen molar-refractivity contribution in [3.05, 3.63) is 11.8 Å². The van der Waals surface area contributed by atoms with Gasteiger partial charge in [-0.25, -0.2) is 17.5 Å². The third kappa shape index (κ3) is 3.76. The van der Waals surface area contributed by atoms with Crippen LogP contribution in [0.4, 0.5) is 0 Å². The highest BCUT2D eigenvalue weighted by Crippen LogP contribution is 2.10. The summed E-state index contributed by atoms with van der Waals surface area (Å²) in [5.41, 5.74) is -0.238. The predicted molar refractivity (Wildman–Crippen MR) is 73.0 cm³/mol. The molecule has 1 unspecified atom stereocenters. The van der Waals surface area contributed by atoms with Crippen molar-refractivity contribution in [2.24, 2.45) is 0 Å². The molecule has 0 spiro atoms. The second-order valence-corrected chi connectivity index (χ2v) is 6.85. The van der Waals surface area contributed by atoms with E-state index in [1.54, 1.807) is 6.92 Å². The third-order valence-electron chi connectivity index (χ3n) is 3.28. The van der Waals surface area contributed by atoms with E-state index in [0.29, 0.717) is 0 Å². The Hall–Kier alpha value is -2.21. The molecule has 1 aromatic heterocycles. The molecule has 1 aliphatic heterocycles. The molecule has 1 aliphatic rings. The Kier molecular flexibility index (Phi) is 4.85. The van der Waals surface area contributed by atoms with Gasteiger partial charge in [0, 0.05) is 19.6 Å². The molecule has 1 saturated heterocycles. The molecule has 0 saturated carbocycles. The molecule has 2 rings (SSSR count). The fraction of sp³-hybridized carbons (Fsp3) is 0.636. The van der Waals surface area contributed by atoms with Crippen molar-refractivity contribution < 1.29 is 32.1 Å². The second kappa shape index (κ2) is 6.50. The van der Waals surface area contributed by atoms with Crippen molar-refractivity contribution in [1.82, 2.24) is 9.58 Å². The van der Waals surface area contributed by atoms with Gasteiger partial charge in [-0.1, -0.05) is 4.79 Å². The maximum atomic E-state index is 12.3. The minimum absolute atomic E-state index is 0.0288. The number of piperazine rings is 1. The summed E-state index contributed by atoms with van der Waals surface area (Å²) in [6.45, 7) is 1.58. The Morgan fingerprint density at radius 1 is 1.52 bits per heavy atom. The van der Waals surface area contributed by atoms with Crippen LogP contribution in [0.5, 0.6) is 0 Å². The van der Waals surface area contributed by atoms with Crippen molar-refractivity contribution in [2.75, 3.05) is 37.5 Å². The summed E-state index contributed by atoms with van der Waals surface area (Å²) in [6.07, 6.45) is 2.24. The number of esters is 1. The van der Waals surface area contributed by atoms with Crippen LogP contribution < -0.4 is 20.6 Å². The lowest BCUT2D eigenvalue weighted by Gasteiger charge is -2.39. The summed E-state index contributed by atoms with van der Waals surface area (Å²) >= 11 is 0. The summed E-state index contributed by atoms with van der Waals surface area (Å²) in [6, 6.07) is -1.12. The number of carbonyl (C=O) groups is 2. The number of carbonyl (C=O) groups excluding carboxylic acids is 2. The van der Waals surface area contributed by atoms with Gasteiger partial charge in [0.15, 0.2) is 0 Å². The van der Waals surface area contributed by atoms with Crippen LogP contribution in [0.3, 0.4) is 0 Å². The first-order chi connectivity index (χ1) is 10.7. The number of nitrogens with zero attached hydrogens (tertiary/aromatic N) is 4. The third-order valence-corrected chi connectivity index (χ3v) is 4.55. The number of ketones is 1. The van der Waals surface area contributed by atoms with Crippen LogP contribution in [0.1, 0.15) is 6.92 Å². The molecule has 1 fully saturated rings. The van der Waals surface area contributed by atoms with Crippen molar-refractivity contribution >= 4 is 21.8 Å². The van der Waals surface area contributed by atoms with Gasteiger partial charge in [0.25, 0.3) is 11.8 Å². The molecule has 12 heteroatoms. The standard InChI is InChI=1S/C11H17N5O6S/c1-3-21-11(18)10(17)8-6-14(23(2,19)20)4-5-15(8)16-7-9(12)22-13-16/h7-8,12H,3-6H2,1-2H3. The average Bonchev–Trinajstić information content (AvgIpc) is 2.91. The van der Waals surface area contributed by atoms with Gasteiger partial charge in [-0.05, 0) is 12.2 Å². The molecule has 0 aliphatic carbocycles. The normalized spacial score (nSPS) is 19.6. The van der Waals surface area contributed by atoms with Crippen LogP contribution in [0.15, 0.2) is 10.7 Å². The van der Waals surface area contributed by atoms with Gasteiger partial charge in [-0.3, -0.25) is 15.2 Å². The lowest BCUT2D eigenvalue weighted by molar-refractivity contribution is -0.766. The Bertz CT molecular complexity index is 753. The van der Waals surface area contributed by atoms with Gasteiger partial charge >= 0.3 is 5.97 Å². The molecule has 0 amide bonds. The SMILES string of the molecule is CCOC(=O)C(=O)C1CN(S(C)(=O)=O)CCN1[n+]1cc(=N)o[n-]1. The molecule has 2 heterocycles. The van der Waals surface area contributed by atoms with Crippen molar-refractivity contribution in [2.45, 2.75) is 13.0 Å². The number of Topliss-reactive ketones (excluding diaryl/α,β-unsaturated/α-hetero) is 1. The lowest BCUT2D eigenvalue weighted by atomic mass is 10.1. The van der Waals surface area contributed by atoms with E-state index in [-0.39, 0.29) is 31.8 Å². The smallest absolute Gasteiger partial charge is 0.375 e. The van der Waals surface area contributed by atoms with Gasteiger partial charge in [0.05, 0.1) is 18.9 Å². The maximum Gasteiger partial charge on any atom is 0.375 e. The lowest BCUT2D eigenvalue weighted by Crippen LogP contribution is -2.73. The summed E-state index contributed by atoms with van der Waals surface area (Å²) in [4.78, 5) is 25.1. The highest BCUT2D eigenvalue weighted by Gasteiger charge is 2.39. The van der Waals surface area contributed by atoms with Gasteiger partial charge in [0.2, 0.25) is 15.8 Å². The van der Waals surface area contributed by atoms with Gasteiger partial charge < -0.3 is 9.26 Å². The number of hydrogen-bond donors (Lipinski definition) is 1. The van der Waals surface area contributed by atoms with Crippen LogP contribution >= 0.6 is 0 Å². The largest absolute Gasteiger partial charge is 0.460 e. The maximum absolute atomic E-state index is 12.3. The minimum Gasteiger partial charge on any atom is -0.460 e. The fourth-order valence-electron chi connectivity index (χ4n) is 2.21. The second-order valence-electron chi connectivity index (χ2n) is 4.87. The zero-order chi connectivity index (χ0) is 17.2. The number of sulfonamides is 1. The first-order valence-electron chi connectivity index (χ1n) is 6.77. The van der Waals surface area contributed by atoms with Crippen molar-refractivity contribution in [3.63, 3.8) is 0 Å². The van der Waals surface area contributed by atoms with Crippen LogP contribution in [-0.2, 0) is 24.3 Å². The van der Waals surface area contributed by atoms with Gasteiger partial charge in [-0.15, -0.1) is 0 Å². The Morgan fingerprint density at radius 2 is 2.22 bits per heavy atom. The van der Waals surface area contributed by atoms with Gasteiger partial charge in [-0.2, -0.15) is 0 Å². The van der Waals surface area contributed by atoms with E-state index < -0.39 is 27.8 Å². The van der Waals surface area contributed by atoms with Crippen LogP contribution in [0.25, 0.3) is 0 Å². The molecular formula is C11H17N5O6S. The van der Waals surface area contributed by atoms with E-state index in [0.717, 1.165) is 15.4 Å². The molecule has 11 nitrogen and oxygen atoms in total. The van der Waals surface area contributed by atoms with Crippen LogP contribution in [-0.4, -0.2) is 63.0 Å². The number of ether oxygens (including phenoxy) is 1. The molecule has 128 valence electrons. The summed E-state index contributed by atoms with van der Waals surface area (Å²) < 4.78 is 33.8. The van der Waals surface area contributed by atoms with E-state index in [1.165, 1.54) is 11.2 Å². The number of aromatic nitrogens is 2. The van der Waals surface area contributed by atoms with E-state index in [1.807, 2.05) is 0 Å². The molecule has 1 atom stereocenters. The zero-order valence-corrected chi connectivity index (χ0v) is 13.4. The highest BCUT2D eigenvalue weighted by atomic mass is 32.2. The summed E-state index contributed by atoms with van der Waals surface area (Å²) in [7, 11) is -3.52. The van der Waals surface area contributed by atoms with Crippen LogP contribution in [0.2, 0.25) is 0 Å². The van der Waals surface area contributed by atoms with E-state index in [9.17, 15) is 18.0 Å². The average molecular weight is 347 g/mol. The molecule has 0 aromatic carbocycles. The summed E-state index contributed by atoms with van der Waals surface area (Å²) in [5, 5.41) is 12.3. The quantitative estimate of drug-likeness (QED) is 0.332. The first-order valence-corrected chi connectivity index (χ1v) is 8.62. The zero-order valence-electron chi connectivity index (χ0n) is 12.6. The highest BCUT2D eigenvalue weighted by molar-refractivity contribution is 7.88. The van der Waals surface area contributed by atoms with Crippen LogP contribution in [0, 0.1) is 5.41 Å². The molecular weight excluding hydrogens is 330 g/mol. The number of hydrogen-bond acceptors (Lipinski definition) is 8. The van der Waals surface area contributed by atoms with E-state index >= 15 is 0 Å². The number of nitrogens with one attached hydrogen (secondary N) is 1.